The third kappa shape index (κ3) is 3.32. The van der Waals surface area contributed by atoms with Crippen LogP contribution < -0.4 is 4.90 Å². The van der Waals surface area contributed by atoms with Crippen LogP contribution in [-0.2, 0) is 6.54 Å². The van der Waals surface area contributed by atoms with E-state index in [4.69, 9.17) is 0 Å². The van der Waals surface area contributed by atoms with E-state index in [1.54, 1.807) is 0 Å². The van der Waals surface area contributed by atoms with Crippen LogP contribution in [0.25, 0.3) is 5.65 Å². The molecule has 1 aliphatic heterocycles. The van der Waals surface area contributed by atoms with Gasteiger partial charge in [-0.2, -0.15) is 0 Å². The summed E-state index contributed by atoms with van der Waals surface area (Å²) in [5.74, 6) is 1.47. The maximum atomic E-state index is 4.52. The zero-order valence-electron chi connectivity index (χ0n) is 14.7. The molecule has 0 bridgehead atoms. The lowest BCUT2D eigenvalue weighted by Gasteiger charge is -2.41. The predicted molar refractivity (Wildman–Crippen MR) is 96.3 cm³/mol. The summed E-state index contributed by atoms with van der Waals surface area (Å²) in [4.78, 5) is 4.81. The number of benzene rings is 1. The molecule has 25 heavy (non-hydrogen) atoms. The van der Waals surface area contributed by atoms with E-state index in [9.17, 15) is 0 Å². The molecule has 1 aliphatic rings. The molecular weight excluding hydrogens is 314 g/mol. The van der Waals surface area contributed by atoms with Gasteiger partial charge in [-0.3, -0.25) is 4.90 Å². The van der Waals surface area contributed by atoms with Gasteiger partial charge in [-0.15, -0.1) is 14.8 Å². The van der Waals surface area contributed by atoms with Gasteiger partial charge in [0.2, 0.25) is 0 Å². The van der Waals surface area contributed by atoms with Crippen LogP contribution in [0.2, 0.25) is 0 Å². The molecule has 1 aromatic carbocycles. The average Bonchev–Trinajstić information content (AvgIpc) is 3.10. The highest BCUT2D eigenvalue weighted by Gasteiger charge is 2.29. The van der Waals surface area contributed by atoms with Gasteiger partial charge in [0.1, 0.15) is 0 Å². The number of hydrogen-bond acceptors (Lipinski definition) is 6. The van der Waals surface area contributed by atoms with Crippen LogP contribution in [0.15, 0.2) is 42.5 Å². The Kier molecular flexibility index (Phi) is 4.31. The second kappa shape index (κ2) is 6.76. The van der Waals surface area contributed by atoms with Crippen LogP contribution in [0.4, 0.5) is 5.82 Å². The molecule has 0 radical (unpaired) electrons. The number of anilines is 1. The predicted octanol–water partition coefficient (Wildman–Crippen LogP) is 1.87. The highest BCUT2D eigenvalue weighted by atomic mass is 15.6. The first-order valence-electron chi connectivity index (χ1n) is 8.75. The van der Waals surface area contributed by atoms with Gasteiger partial charge in [-0.25, -0.2) is 0 Å². The molecule has 0 spiro atoms. The minimum absolute atomic E-state index is 0.466. The molecule has 0 saturated carbocycles. The number of nitrogens with zero attached hydrogens (tertiary/aromatic N) is 7. The van der Waals surface area contributed by atoms with Crippen molar-refractivity contribution in [2.24, 2.45) is 5.92 Å². The van der Waals surface area contributed by atoms with Crippen LogP contribution in [0, 0.1) is 5.92 Å². The van der Waals surface area contributed by atoms with E-state index in [0.29, 0.717) is 17.6 Å². The number of hydrogen-bond donors (Lipinski definition) is 0. The van der Waals surface area contributed by atoms with Crippen molar-refractivity contribution in [1.82, 2.24) is 30.2 Å². The first-order chi connectivity index (χ1) is 12.2. The SMILES string of the molecule is C[C@H]1CN(Cc2ccccc2)CC[C@H]1N(C)c1ccc2nnnn2n1. The molecule has 3 aromatic rings. The Morgan fingerprint density at radius 1 is 1.16 bits per heavy atom. The molecule has 3 heterocycles. The van der Waals surface area contributed by atoms with Crippen LogP contribution in [0.1, 0.15) is 18.9 Å². The molecule has 2 aromatic heterocycles. The molecule has 4 rings (SSSR count). The Hall–Kier alpha value is -2.54. The van der Waals surface area contributed by atoms with E-state index < -0.39 is 0 Å². The molecule has 2 atom stereocenters. The van der Waals surface area contributed by atoms with Crippen LogP contribution in [0.3, 0.4) is 0 Å². The summed E-state index contributed by atoms with van der Waals surface area (Å²) in [5.41, 5.74) is 2.05. The second-order valence-electron chi connectivity index (χ2n) is 6.88. The van der Waals surface area contributed by atoms with Gasteiger partial charge in [0.05, 0.1) is 0 Å². The summed E-state index contributed by atoms with van der Waals surface area (Å²) in [6.07, 6.45) is 1.12. The van der Waals surface area contributed by atoms with Crippen molar-refractivity contribution in [3.8, 4) is 0 Å². The van der Waals surface area contributed by atoms with Crippen molar-refractivity contribution in [1.29, 1.82) is 0 Å². The fourth-order valence-electron chi connectivity index (χ4n) is 3.78. The van der Waals surface area contributed by atoms with E-state index in [1.807, 2.05) is 12.1 Å². The smallest absolute Gasteiger partial charge is 0.200 e. The Morgan fingerprint density at radius 3 is 2.80 bits per heavy atom. The monoisotopic (exact) mass is 337 g/mol. The van der Waals surface area contributed by atoms with Crippen molar-refractivity contribution < 1.29 is 0 Å². The first kappa shape index (κ1) is 16.0. The minimum atomic E-state index is 0.466. The van der Waals surface area contributed by atoms with Gasteiger partial charge in [-0.05, 0) is 40.5 Å². The maximum Gasteiger partial charge on any atom is 0.200 e. The summed E-state index contributed by atoms with van der Waals surface area (Å²) in [6, 6.07) is 15.1. The van der Waals surface area contributed by atoms with Gasteiger partial charge >= 0.3 is 0 Å². The van der Waals surface area contributed by atoms with Gasteiger partial charge in [0, 0.05) is 32.7 Å². The van der Waals surface area contributed by atoms with Gasteiger partial charge in [-0.1, -0.05) is 37.3 Å². The second-order valence-corrected chi connectivity index (χ2v) is 6.88. The minimum Gasteiger partial charge on any atom is -0.355 e. The van der Waals surface area contributed by atoms with Crippen LogP contribution in [-0.4, -0.2) is 56.3 Å². The summed E-state index contributed by atoms with van der Waals surface area (Å²) in [7, 11) is 2.12. The summed E-state index contributed by atoms with van der Waals surface area (Å²) < 4.78 is 1.49. The topological polar surface area (TPSA) is 62.5 Å². The lowest BCUT2D eigenvalue weighted by Crippen LogP contribution is -2.49. The Balaban J connectivity index is 1.43. The number of fused-ring (bicyclic) bond motifs is 1. The third-order valence-corrected chi connectivity index (χ3v) is 5.11. The highest BCUT2D eigenvalue weighted by molar-refractivity contribution is 5.44. The number of rotatable bonds is 4. The van der Waals surface area contributed by atoms with Crippen molar-refractivity contribution in [3.63, 3.8) is 0 Å². The third-order valence-electron chi connectivity index (χ3n) is 5.11. The zero-order valence-corrected chi connectivity index (χ0v) is 14.7. The molecule has 0 N–H and O–H groups in total. The van der Waals surface area contributed by atoms with Crippen molar-refractivity contribution in [2.75, 3.05) is 25.0 Å². The number of piperidine rings is 1. The lowest BCUT2D eigenvalue weighted by atomic mass is 9.92. The summed E-state index contributed by atoms with van der Waals surface area (Å²) >= 11 is 0. The standard InChI is InChI=1S/C18H23N7/c1-14-12-24(13-15-6-4-3-5-7-15)11-10-16(14)23(2)18-9-8-17-19-21-22-25(17)20-18/h3-9,14,16H,10-13H2,1-2H3/t14-,16+/m0/s1. The molecular formula is C18H23N7. The van der Waals surface area contributed by atoms with Gasteiger partial charge in [0.25, 0.3) is 0 Å². The fourth-order valence-corrected chi connectivity index (χ4v) is 3.78. The Labute approximate surface area is 147 Å². The van der Waals surface area contributed by atoms with E-state index in [0.717, 1.165) is 31.9 Å². The van der Waals surface area contributed by atoms with E-state index in [2.05, 4.69) is 74.7 Å². The van der Waals surface area contributed by atoms with Crippen molar-refractivity contribution in [2.45, 2.75) is 25.9 Å². The molecule has 0 unspecified atom stereocenters. The van der Waals surface area contributed by atoms with E-state index in [1.165, 1.54) is 10.2 Å². The zero-order chi connectivity index (χ0) is 17.2. The number of tetrazole rings is 1. The molecule has 0 aliphatic carbocycles. The van der Waals surface area contributed by atoms with Crippen molar-refractivity contribution >= 4 is 11.5 Å². The quantitative estimate of drug-likeness (QED) is 0.724. The Bertz CT molecular complexity index is 832. The normalized spacial score (nSPS) is 21.5. The molecule has 7 nitrogen and oxygen atoms in total. The van der Waals surface area contributed by atoms with Crippen LogP contribution >= 0.6 is 0 Å². The highest BCUT2D eigenvalue weighted by Crippen LogP contribution is 2.25. The average molecular weight is 337 g/mol. The lowest BCUT2D eigenvalue weighted by molar-refractivity contribution is 0.155. The van der Waals surface area contributed by atoms with E-state index >= 15 is 0 Å². The maximum absolute atomic E-state index is 4.52. The fraction of sp³-hybridized carbons (Fsp3) is 0.444. The van der Waals surface area contributed by atoms with Crippen molar-refractivity contribution in [3.05, 3.63) is 48.0 Å². The number of likely N-dealkylation sites (tertiary alicyclic amines) is 1. The number of aromatic nitrogens is 5. The summed E-state index contributed by atoms with van der Waals surface area (Å²) in [6.45, 7) is 5.54. The van der Waals surface area contributed by atoms with Crippen LogP contribution in [0.5, 0.6) is 0 Å². The van der Waals surface area contributed by atoms with Gasteiger partial charge < -0.3 is 4.90 Å². The molecule has 0 amide bonds. The molecule has 130 valence electrons. The summed E-state index contributed by atoms with van der Waals surface area (Å²) in [5, 5.41) is 16.0. The first-order valence-corrected chi connectivity index (χ1v) is 8.75. The van der Waals surface area contributed by atoms with E-state index in [-0.39, 0.29) is 0 Å². The largest absolute Gasteiger partial charge is 0.355 e. The Morgan fingerprint density at radius 2 is 2.00 bits per heavy atom. The van der Waals surface area contributed by atoms with Gasteiger partial charge in [0.15, 0.2) is 11.5 Å². The molecule has 1 fully saturated rings. The molecule has 7 heteroatoms. The molecule has 1 saturated heterocycles.